The fourth-order valence-corrected chi connectivity index (χ4v) is 16.4. The molecule has 0 amide bonds. The molecule has 0 bridgehead atoms. The first-order valence-electron chi connectivity index (χ1n) is 35.4. The van der Waals surface area contributed by atoms with Gasteiger partial charge in [-0.3, -0.25) is 0 Å². The van der Waals surface area contributed by atoms with Crippen LogP contribution in [0.5, 0.6) is 86.2 Å². The average molecular weight is 1650 g/mol. The maximum atomic E-state index is 14.5. The largest absolute Gasteiger partial charge is 0.508 e. The third kappa shape index (κ3) is 20.3. The number of benzene rings is 12. The van der Waals surface area contributed by atoms with E-state index < -0.39 is 35.4 Å². The molecule has 4 aromatic heterocycles. The van der Waals surface area contributed by atoms with E-state index in [2.05, 4.69) is 0 Å². The summed E-state index contributed by atoms with van der Waals surface area (Å²) in [5, 5.41) is 96.4. The smallest absolute Gasteiger partial charge is 0.328 e. The Morgan fingerprint density at radius 2 is 0.593 bits per heavy atom. The molecular weight excluding hydrogens is 1590 g/mol. The molecule has 0 spiro atoms. The predicted octanol–water partition coefficient (Wildman–Crippen LogP) is 24.4. The fraction of sp³-hybridized carbons (Fsp3) is 0.0108. The summed E-state index contributed by atoms with van der Waals surface area (Å²) in [6.45, 7) is 0. The summed E-state index contributed by atoms with van der Waals surface area (Å²) in [6.07, 6.45) is 10.3. The lowest BCUT2D eigenvalue weighted by Gasteiger charge is -2.09. The van der Waals surface area contributed by atoms with E-state index in [1.54, 1.807) is 189 Å². The number of methoxy groups -OCH3 is 1. The zero-order valence-corrected chi connectivity index (χ0v) is 64.7. The van der Waals surface area contributed by atoms with Crippen LogP contribution in [-0.2, 0) is 19.2 Å². The molecule has 0 atom stereocenters. The van der Waals surface area contributed by atoms with E-state index in [0.717, 1.165) is 120 Å². The van der Waals surface area contributed by atoms with Crippen molar-refractivity contribution in [3.63, 3.8) is 0 Å². The van der Waals surface area contributed by atoms with Crippen molar-refractivity contribution in [1.82, 2.24) is 0 Å². The molecule has 0 aliphatic rings. The van der Waals surface area contributed by atoms with Crippen LogP contribution in [0.3, 0.4) is 0 Å². The second kappa shape index (κ2) is 36.9. The highest BCUT2D eigenvalue weighted by Crippen LogP contribution is 2.52. The number of phenolic OH excluding ortho intramolecular Hbond substituents is 6. The molecule has 588 valence electrons. The van der Waals surface area contributed by atoms with Gasteiger partial charge < -0.3 is 74.7 Å². The molecule has 4 heterocycles. The molecule has 10 N–H and O–H groups in total. The molecule has 16 rings (SSSR count). The van der Waals surface area contributed by atoms with Gasteiger partial charge in [-0.1, -0.05) is 60.7 Å². The van der Waals surface area contributed by atoms with Crippen LogP contribution in [0.15, 0.2) is 285 Å². The lowest BCUT2D eigenvalue weighted by Crippen LogP contribution is -1.87. The summed E-state index contributed by atoms with van der Waals surface area (Å²) in [5.41, 5.74) is 6.20. The highest BCUT2D eigenvalue weighted by molar-refractivity contribution is 7.24. The van der Waals surface area contributed by atoms with Crippen LogP contribution in [0.25, 0.3) is 106 Å². The minimum absolute atomic E-state index is 0.108. The molecule has 0 aliphatic carbocycles. The van der Waals surface area contributed by atoms with Crippen LogP contribution >= 0.6 is 45.3 Å². The number of ether oxygens (including phenoxy) is 5. The lowest BCUT2D eigenvalue weighted by molar-refractivity contribution is -0.132. The first-order chi connectivity index (χ1) is 56.9. The average Bonchev–Trinajstić information content (AvgIpc) is 1.80. The van der Waals surface area contributed by atoms with Gasteiger partial charge in [0.05, 0.1) is 31.3 Å². The van der Waals surface area contributed by atoms with Crippen molar-refractivity contribution in [1.29, 1.82) is 0 Å². The van der Waals surface area contributed by atoms with Gasteiger partial charge in [0.25, 0.3) is 0 Å². The predicted molar refractivity (Wildman–Crippen MR) is 458 cm³/mol. The summed E-state index contributed by atoms with van der Waals surface area (Å²) >= 11 is 5.57. The van der Waals surface area contributed by atoms with Crippen LogP contribution in [0.2, 0.25) is 0 Å². The minimum Gasteiger partial charge on any atom is -0.508 e. The van der Waals surface area contributed by atoms with Gasteiger partial charge in [-0.05, 0) is 269 Å². The summed E-state index contributed by atoms with van der Waals surface area (Å²) < 4.78 is 61.1. The second-order valence-corrected chi connectivity index (χ2v) is 29.7. The molecule has 0 unspecified atom stereocenters. The normalized spacial score (nSPS) is 11.2. The van der Waals surface area contributed by atoms with E-state index in [9.17, 15) is 58.6 Å². The van der Waals surface area contributed by atoms with Crippen molar-refractivity contribution in [3.05, 3.63) is 319 Å². The van der Waals surface area contributed by atoms with Crippen LogP contribution in [0, 0.1) is 11.6 Å². The van der Waals surface area contributed by atoms with E-state index in [-0.39, 0.29) is 39.3 Å². The lowest BCUT2D eigenvalue weighted by atomic mass is 10.1. The number of aliphatic carboxylic acids is 4. The van der Waals surface area contributed by atoms with Gasteiger partial charge >= 0.3 is 23.9 Å². The molecule has 0 radical (unpaired) electrons. The maximum Gasteiger partial charge on any atom is 0.328 e. The SMILES string of the molecule is COc1ccc(-c2sc3cc(O)ccc3c2Oc2ccc(/C=C/C(=O)O)cc2)cc1.O=C(O)/C=C/c1ccc(Oc2c(-c3ccc(O)cc3)sc3c(F)c(O)ccc23)cc1.O=C(O)/C=C/c1ccc(Oc2c(-c3ccc(O)cc3)sc3cc(O)ccc23)cc1.O=C(O)/C=C/c1ccc(Oc2c(-c3cccc(F)c3)sc3cc(O)ccc23)cc1. The van der Waals surface area contributed by atoms with Crippen molar-refractivity contribution in [2.24, 2.45) is 0 Å². The fourth-order valence-electron chi connectivity index (χ4n) is 11.8. The molecule has 25 heteroatoms. The Bertz CT molecular complexity index is 6490. The number of carbonyl (C=O) groups is 4. The zero-order valence-electron chi connectivity index (χ0n) is 61.5. The molecule has 0 fully saturated rings. The van der Waals surface area contributed by atoms with Crippen molar-refractivity contribution in [2.45, 2.75) is 0 Å². The molecule has 16 aromatic rings. The molecule has 0 saturated heterocycles. The summed E-state index contributed by atoms with van der Waals surface area (Å²) in [5.74, 6) is 0.651. The molecule has 0 aliphatic heterocycles. The quantitative estimate of drug-likeness (QED) is 0.0299. The van der Waals surface area contributed by atoms with Gasteiger partial charge in [-0.25, -0.2) is 28.0 Å². The second-order valence-electron chi connectivity index (χ2n) is 25.6. The Labute approximate surface area is 686 Å². The summed E-state index contributed by atoms with van der Waals surface area (Å²) in [7, 11) is 1.63. The Morgan fingerprint density at radius 3 is 0.915 bits per heavy atom. The monoisotopic (exact) mass is 1650 g/mol. The van der Waals surface area contributed by atoms with Gasteiger partial charge in [0.1, 0.15) is 63.3 Å². The Morgan fingerprint density at radius 1 is 0.305 bits per heavy atom. The standard InChI is InChI=1S/C24H18O5S.C23H15FO5S.C23H15FO4S.C23H16O5S/c1-28-18-10-5-16(6-11-18)24-23(20-12-7-17(25)14-21(20)30-24)29-19-8-2-15(3-9-19)4-13-22(26)27;24-20-18(26)11-10-17-21(22(30-23(17)20)14-4-6-15(25)7-5-14)29-16-8-1-13(2-9-16)3-12-19(27)28;24-16-3-1-2-15(12-16)23-22(19-10-7-17(25)13-20(19)29-23)28-18-8-4-14(5-9-18)6-11-21(26)27;24-16-6-4-15(5-7-16)23-22(19-11-8-17(25)13-20(19)29-23)28-18-9-1-14(2-10-18)3-12-21(26)27/h2-14,25H,1H3,(H,26,27);1-12,25-26H,(H,27,28);1-13,25H,(H,26,27);1-13,24-25H,(H,26,27)/b13-4+;12-3+;11-6+;12-3+. The van der Waals surface area contributed by atoms with Crippen molar-refractivity contribution in [2.75, 3.05) is 7.11 Å². The first-order valence-corrected chi connectivity index (χ1v) is 38.7. The Kier molecular flexibility index (Phi) is 25.3. The number of halogens is 2. The number of fused-ring (bicyclic) bond motifs is 4. The van der Waals surface area contributed by atoms with Crippen molar-refractivity contribution < 1.29 is 103 Å². The van der Waals surface area contributed by atoms with Crippen LogP contribution in [-0.4, -0.2) is 82.1 Å². The van der Waals surface area contributed by atoms with Crippen LogP contribution in [0.4, 0.5) is 8.78 Å². The first kappa shape index (κ1) is 81.0. The number of carboxylic acids is 4. The van der Waals surface area contributed by atoms with E-state index in [1.807, 2.05) is 48.5 Å². The highest BCUT2D eigenvalue weighted by Gasteiger charge is 2.24. The van der Waals surface area contributed by atoms with Gasteiger partial charge in [0, 0.05) is 59.9 Å². The highest BCUT2D eigenvalue weighted by atomic mass is 32.1. The van der Waals surface area contributed by atoms with Gasteiger partial charge in [-0.2, -0.15) is 0 Å². The molecule has 118 heavy (non-hydrogen) atoms. The Hall–Kier alpha value is -15.0. The van der Waals surface area contributed by atoms with Gasteiger partial charge in [-0.15, -0.1) is 45.3 Å². The van der Waals surface area contributed by atoms with Crippen LogP contribution in [0.1, 0.15) is 22.3 Å². The van der Waals surface area contributed by atoms with Crippen molar-refractivity contribution >= 4 is 134 Å². The van der Waals surface area contributed by atoms with E-state index >= 15 is 0 Å². The van der Waals surface area contributed by atoms with E-state index in [1.165, 1.54) is 88.6 Å². The summed E-state index contributed by atoms with van der Waals surface area (Å²) in [4.78, 5) is 45.8. The van der Waals surface area contributed by atoms with Gasteiger partial charge in [0.2, 0.25) is 0 Å². The number of aromatic hydroxyl groups is 6. The number of carboxylic acid groups (broad SMARTS) is 4. The topological polar surface area (TPSA) is 317 Å². The number of rotatable bonds is 21. The molecule has 19 nitrogen and oxygen atoms in total. The third-order valence-electron chi connectivity index (χ3n) is 17.4. The third-order valence-corrected chi connectivity index (χ3v) is 22.2. The number of thiophene rings is 4. The van der Waals surface area contributed by atoms with Crippen molar-refractivity contribution in [3.8, 4) is 128 Å². The summed E-state index contributed by atoms with van der Waals surface area (Å²) in [6, 6.07) is 73.5. The maximum absolute atomic E-state index is 14.5. The minimum atomic E-state index is -1.04. The molecular formula is C93H64F2O19S4. The number of hydrogen-bond acceptors (Lipinski definition) is 19. The number of hydrogen-bond donors (Lipinski definition) is 10. The molecule has 0 saturated carbocycles. The van der Waals surface area contributed by atoms with E-state index in [4.69, 9.17) is 44.1 Å². The van der Waals surface area contributed by atoms with Crippen LogP contribution < -0.4 is 23.7 Å². The zero-order chi connectivity index (χ0) is 83.1. The Balaban J connectivity index is 0.000000136. The van der Waals surface area contributed by atoms with E-state index in [0.29, 0.717) is 67.4 Å². The van der Waals surface area contributed by atoms with Gasteiger partial charge in [0.15, 0.2) is 34.6 Å². The number of phenols is 6. The molecule has 12 aromatic carbocycles.